The zero-order valence-electron chi connectivity index (χ0n) is 12.7. The number of carbonyl (C=O) groups is 1. The highest BCUT2D eigenvalue weighted by Gasteiger charge is 2.18. The molecule has 6 heteroatoms. The number of ether oxygens (including phenoxy) is 1. The van der Waals surface area contributed by atoms with Gasteiger partial charge in [0.2, 0.25) is 5.82 Å². The third-order valence-electron chi connectivity index (χ3n) is 3.40. The molecule has 2 aromatic carbocycles. The topological polar surface area (TPSA) is 77.2 Å². The van der Waals surface area contributed by atoms with Crippen molar-refractivity contribution in [3.8, 4) is 28.6 Å². The first-order valence-electron chi connectivity index (χ1n) is 7.03. The molecular formula is C17H15N3O3. The van der Waals surface area contributed by atoms with E-state index >= 15 is 0 Å². The lowest BCUT2D eigenvalue weighted by Crippen LogP contribution is -2.18. The summed E-state index contributed by atoms with van der Waals surface area (Å²) in [4.78, 5) is 16.4. The first-order valence-corrected chi connectivity index (χ1v) is 7.03. The van der Waals surface area contributed by atoms with Gasteiger partial charge in [-0.1, -0.05) is 29.4 Å². The third kappa shape index (κ3) is 2.78. The molecule has 0 saturated carbocycles. The molecule has 1 heterocycles. The number of nitrogens with one attached hydrogen (secondary N) is 1. The molecule has 0 fully saturated rings. The Hall–Kier alpha value is -3.15. The van der Waals surface area contributed by atoms with Gasteiger partial charge < -0.3 is 14.6 Å². The average Bonchev–Trinajstić information content (AvgIpc) is 3.10. The maximum absolute atomic E-state index is 12.0. The van der Waals surface area contributed by atoms with Gasteiger partial charge in [0.1, 0.15) is 5.75 Å². The Morgan fingerprint density at radius 1 is 1.09 bits per heavy atom. The third-order valence-corrected chi connectivity index (χ3v) is 3.40. The van der Waals surface area contributed by atoms with Gasteiger partial charge in [-0.3, -0.25) is 4.79 Å². The summed E-state index contributed by atoms with van der Waals surface area (Å²) in [6.07, 6.45) is 0. The summed E-state index contributed by atoms with van der Waals surface area (Å²) in [5.41, 5.74) is 1.79. The van der Waals surface area contributed by atoms with Crippen LogP contribution in [0.15, 0.2) is 53.1 Å². The summed E-state index contributed by atoms with van der Waals surface area (Å²) in [6.45, 7) is 0. The fourth-order valence-electron chi connectivity index (χ4n) is 2.27. The molecule has 3 aromatic rings. The molecule has 0 radical (unpaired) electrons. The maximum atomic E-state index is 12.0. The zero-order chi connectivity index (χ0) is 16.2. The highest BCUT2D eigenvalue weighted by atomic mass is 16.5. The van der Waals surface area contributed by atoms with Crippen LogP contribution in [0.2, 0.25) is 0 Å². The van der Waals surface area contributed by atoms with Crippen molar-refractivity contribution in [1.82, 2.24) is 15.5 Å². The van der Waals surface area contributed by atoms with Crippen LogP contribution in [0.4, 0.5) is 0 Å². The first-order chi connectivity index (χ1) is 11.2. The quantitative estimate of drug-likeness (QED) is 0.802. The van der Waals surface area contributed by atoms with Crippen LogP contribution in [-0.4, -0.2) is 30.2 Å². The Balaban J connectivity index is 2.05. The largest absolute Gasteiger partial charge is 0.496 e. The van der Waals surface area contributed by atoms with Gasteiger partial charge >= 0.3 is 0 Å². The number of amides is 1. The minimum Gasteiger partial charge on any atom is -0.496 e. The summed E-state index contributed by atoms with van der Waals surface area (Å²) >= 11 is 0. The standard InChI is InChI=1S/C17H15N3O3/c1-18-16(21)11-7-3-4-8-12(11)17-19-15(20-23-17)13-9-5-6-10-14(13)22-2/h3-10H,1-2H3,(H,18,21). The molecule has 3 rings (SSSR count). The number of rotatable bonds is 4. The number of hydrogen-bond acceptors (Lipinski definition) is 5. The fraction of sp³-hybridized carbons (Fsp3) is 0.118. The second kappa shape index (κ2) is 6.31. The van der Waals surface area contributed by atoms with Crippen molar-refractivity contribution in [3.05, 3.63) is 54.1 Å². The molecule has 0 aliphatic carbocycles. The lowest BCUT2D eigenvalue weighted by molar-refractivity contribution is 0.0963. The molecular weight excluding hydrogens is 294 g/mol. The number of aromatic nitrogens is 2. The van der Waals surface area contributed by atoms with Gasteiger partial charge in [-0.25, -0.2) is 0 Å². The number of methoxy groups -OCH3 is 1. The van der Waals surface area contributed by atoms with E-state index in [0.717, 1.165) is 5.56 Å². The van der Waals surface area contributed by atoms with Crippen LogP contribution in [0.5, 0.6) is 5.75 Å². The normalized spacial score (nSPS) is 10.3. The number of carbonyl (C=O) groups excluding carboxylic acids is 1. The Morgan fingerprint density at radius 2 is 1.78 bits per heavy atom. The van der Waals surface area contributed by atoms with Crippen LogP contribution in [0.1, 0.15) is 10.4 Å². The summed E-state index contributed by atoms with van der Waals surface area (Å²) < 4.78 is 10.7. The first kappa shape index (κ1) is 14.8. The van der Waals surface area contributed by atoms with Crippen LogP contribution in [0.25, 0.3) is 22.8 Å². The monoisotopic (exact) mass is 309 g/mol. The Labute approximate surface area is 133 Å². The summed E-state index contributed by atoms with van der Waals surface area (Å²) in [5, 5.41) is 6.60. The molecule has 0 unspecified atom stereocenters. The molecule has 0 saturated heterocycles. The van der Waals surface area contributed by atoms with Crippen molar-refractivity contribution >= 4 is 5.91 Å². The second-order valence-electron chi connectivity index (χ2n) is 4.75. The van der Waals surface area contributed by atoms with E-state index in [4.69, 9.17) is 9.26 Å². The number of nitrogens with zero attached hydrogens (tertiary/aromatic N) is 2. The highest BCUT2D eigenvalue weighted by molar-refractivity contribution is 5.99. The van der Waals surface area contributed by atoms with Gasteiger partial charge in [0, 0.05) is 7.05 Å². The lowest BCUT2D eigenvalue weighted by atomic mass is 10.1. The van der Waals surface area contributed by atoms with E-state index in [2.05, 4.69) is 15.5 Å². The van der Waals surface area contributed by atoms with Crippen LogP contribution in [-0.2, 0) is 0 Å². The predicted octanol–water partition coefficient (Wildman–Crippen LogP) is 2.77. The van der Waals surface area contributed by atoms with Crippen molar-refractivity contribution in [3.63, 3.8) is 0 Å². The number of para-hydroxylation sites is 1. The Kier molecular flexibility index (Phi) is 4.05. The van der Waals surface area contributed by atoms with Crippen molar-refractivity contribution in [1.29, 1.82) is 0 Å². The van der Waals surface area contributed by atoms with Crippen molar-refractivity contribution in [2.75, 3.05) is 14.2 Å². The van der Waals surface area contributed by atoms with Crippen molar-refractivity contribution in [2.24, 2.45) is 0 Å². The smallest absolute Gasteiger partial charge is 0.259 e. The van der Waals surface area contributed by atoms with E-state index in [0.29, 0.717) is 22.7 Å². The molecule has 6 nitrogen and oxygen atoms in total. The molecule has 0 bridgehead atoms. The minimum absolute atomic E-state index is 0.211. The number of hydrogen-bond donors (Lipinski definition) is 1. The fourth-order valence-corrected chi connectivity index (χ4v) is 2.27. The van der Waals surface area contributed by atoms with Crippen LogP contribution < -0.4 is 10.1 Å². The molecule has 23 heavy (non-hydrogen) atoms. The van der Waals surface area contributed by atoms with Crippen LogP contribution >= 0.6 is 0 Å². The minimum atomic E-state index is -0.211. The van der Waals surface area contributed by atoms with Gasteiger partial charge in [-0.05, 0) is 24.3 Å². The van der Waals surface area contributed by atoms with Crippen LogP contribution in [0.3, 0.4) is 0 Å². The van der Waals surface area contributed by atoms with Crippen LogP contribution in [0, 0.1) is 0 Å². The van der Waals surface area contributed by atoms with E-state index in [1.165, 1.54) is 0 Å². The Morgan fingerprint density at radius 3 is 2.52 bits per heavy atom. The zero-order valence-corrected chi connectivity index (χ0v) is 12.7. The van der Waals surface area contributed by atoms with Gasteiger partial charge in [-0.2, -0.15) is 4.98 Å². The molecule has 1 amide bonds. The molecule has 0 aliphatic heterocycles. The molecule has 116 valence electrons. The molecule has 0 atom stereocenters. The van der Waals surface area contributed by atoms with E-state index in [9.17, 15) is 4.79 Å². The molecule has 0 aliphatic rings. The second-order valence-corrected chi connectivity index (χ2v) is 4.75. The summed E-state index contributed by atoms with van der Waals surface area (Å²) in [5.74, 6) is 1.13. The maximum Gasteiger partial charge on any atom is 0.259 e. The van der Waals surface area contributed by atoms with Crippen molar-refractivity contribution in [2.45, 2.75) is 0 Å². The van der Waals surface area contributed by atoms with Gasteiger partial charge in [-0.15, -0.1) is 0 Å². The van der Waals surface area contributed by atoms with Crippen molar-refractivity contribution < 1.29 is 14.1 Å². The predicted molar refractivity (Wildman–Crippen MR) is 85.1 cm³/mol. The van der Waals surface area contributed by atoms with E-state index in [-0.39, 0.29) is 11.8 Å². The van der Waals surface area contributed by atoms with E-state index in [1.807, 2.05) is 30.3 Å². The summed E-state index contributed by atoms with van der Waals surface area (Å²) in [6, 6.07) is 14.5. The molecule has 1 N–H and O–H groups in total. The lowest BCUT2D eigenvalue weighted by Gasteiger charge is -2.04. The van der Waals surface area contributed by atoms with Gasteiger partial charge in [0.25, 0.3) is 11.8 Å². The van der Waals surface area contributed by atoms with E-state index in [1.54, 1.807) is 32.4 Å². The number of benzene rings is 2. The van der Waals surface area contributed by atoms with E-state index < -0.39 is 0 Å². The molecule has 0 spiro atoms. The van der Waals surface area contributed by atoms with Gasteiger partial charge in [0.15, 0.2) is 0 Å². The highest BCUT2D eigenvalue weighted by Crippen LogP contribution is 2.30. The van der Waals surface area contributed by atoms with Gasteiger partial charge in [0.05, 0.1) is 23.8 Å². The SMILES string of the molecule is CNC(=O)c1ccccc1-c1nc(-c2ccccc2OC)no1. The molecule has 1 aromatic heterocycles. The average molecular weight is 309 g/mol. The Bertz CT molecular complexity index is 842. The summed E-state index contributed by atoms with van der Waals surface area (Å²) in [7, 11) is 3.16.